The fourth-order valence-electron chi connectivity index (χ4n) is 1.38. The van der Waals surface area contributed by atoms with Crippen molar-refractivity contribution in [1.29, 1.82) is 0 Å². The molecule has 0 aliphatic rings. The van der Waals surface area contributed by atoms with E-state index in [0.717, 1.165) is 13.3 Å². The second-order valence-electron chi connectivity index (χ2n) is 3.18. The summed E-state index contributed by atoms with van der Waals surface area (Å²) in [4.78, 5) is 23.7. The molecule has 1 aromatic rings. The average Bonchev–Trinajstić information content (AvgIpc) is 2.26. The summed E-state index contributed by atoms with van der Waals surface area (Å²) in [6, 6.07) is 0. The van der Waals surface area contributed by atoms with Gasteiger partial charge in [0.05, 0.1) is 24.0 Å². The number of carboxylic acid groups (broad SMARTS) is 1. The summed E-state index contributed by atoms with van der Waals surface area (Å²) in [6.45, 7) is 0. The maximum absolute atomic E-state index is 12.6. The number of pyridine rings is 1. The number of ether oxygens (including phenoxy) is 1. The molecular weight excluding hydrogens is 254 g/mol. The van der Waals surface area contributed by atoms with Crippen LogP contribution in [0.4, 0.5) is 14.5 Å². The third kappa shape index (κ3) is 2.67. The van der Waals surface area contributed by atoms with Gasteiger partial charge in [0.25, 0.3) is 6.43 Å². The van der Waals surface area contributed by atoms with Crippen LogP contribution in [0.25, 0.3) is 0 Å². The number of rotatable bonds is 5. The molecule has 0 saturated carbocycles. The van der Waals surface area contributed by atoms with Gasteiger partial charge in [-0.05, 0) is 0 Å². The number of halogens is 2. The van der Waals surface area contributed by atoms with Gasteiger partial charge in [-0.15, -0.1) is 0 Å². The summed E-state index contributed by atoms with van der Waals surface area (Å²) in [5.41, 5.74) is -1.99. The molecule has 0 unspecified atom stereocenters. The zero-order chi connectivity index (χ0) is 13.9. The Bertz CT molecular complexity index is 492. The van der Waals surface area contributed by atoms with E-state index in [1.165, 1.54) is 0 Å². The van der Waals surface area contributed by atoms with Crippen molar-refractivity contribution in [2.24, 2.45) is 0 Å². The summed E-state index contributed by atoms with van der Waals surface area (Å²) in [5, 5.41) is 19.4. The number of aliphatic carboxylic acids is 1. The Hall–Kier alpha value is -2.32. The molecule has 18 heavy (non-hydrogen) atoms. The van der Waals surface area contributed by atoms with Crippen molar-refractivity contribution in [2.45, 2.75) is 12.8 Å². The lowest BCUT2D eigenvalue weighted by atomic mass is 10.1. The lowest BCUT2D eigenvalue weighted by molar-refractivity contribution is -0.386. The van der Waals surface area contributed by atoms with Gasteiger partial charge >= 0.3 is 11.7 Å². The molecule has 1 rings (SSSR count). The van der Waals surface area contributed by atoms with Gasteiger partial charge in [-0.1, -0.05) is 0 Å². The smallest absolute Gasteiger partial charge is 0.318 e. The molecule has 1 N–H and O–H groups in total. The van der Waals surface area contributed by atoms with E-state index in [4.69, 9.17) is 5.11 Å². The van der Waals surface area contributed by atoms with Gasteiger partial charge in [0, 0.05) is 6.20 Å². The molecule has 0 aromatic carbocycles. The fraction of sp³-hybridized carbons (Fsp3) is 0.333. The van der Waals surface area contributed by atoms with E-state index in [9.17, 15) is 23.7 Å². The van der Waals surface area contributed by atoms with Crippen LogP contribution in [0, 0.1) is 10.1 Å². The van der Waals surface area contributed by atoms with Crippen LogP contribution in [-0.2, 0) is 11.2 Å². The highest BCUT2D eigenvalue weighted by Gasteiger charge is 2.30. The van der Waals surface area contributed by atoms with E-state index in [-0.39, 0.29) is 5.56 Å². The van der Waals surface area contributed by atoms with Crippen molar-refractivity contribution in [2.75, 3.05) is 7.11 Å². The lowest BCUT2D eigenvalue weighted by Gasteiger charge is -2.09. The number of nitrogens with zero attached hydrogens (tertiary/aromatic N) is 2. The number of hydrogen-bond donors (Lipinski definition) is 1. The molecule has 0 bridgehead atoms. The minimum atomic E-state index is -3.06. The Morgan fingerprint density at radius 1 is 1.67 bits per heavy atom. The third-order valence-corrected chi connectivity index (χ3v) is 2.05. The Morgan fingerprint density at radius 3 is 2.67 bits per heavy atom. The minimum Gasteiger partial charge on any atom is -0.489 e. The molecule has 0 fully saturated rings. The second-order valence-corrected chi connectivity index (χ2v) is 3.18. The predicted octanol–water partition coefficient (Wildman–Crippen LogP) is 1.56. The monoisotopic (exact) mass is 262 g/mol. The maximum Gasteiger partial charge on any atom is 0.318 e. The summed E-state index contributed by atoms with van der Waals surface area (Å²) in [6.07, 6.45) is -3.02. The Kier molecular flexibility index (Phi) is 4.08. The van der Waals surface area contributed by atoms with Gasteiger partial charge in [0.15, 0.2) is 5.69 Å². The molecule has 0 saturated heterocycles. The molecule has 7 nitrogen and oxygen atoms in total. The van der Waals surface area contributed by atoms with E-state index < -0.39 is 40.9 Å². The summed E-state index contributed by atoms with van der Waals surface area (Å²) >= 11 is 0. The SMILES string of the molecule is COc1c(C(F)F)ncc(CC(=O)O)c1[N+](=O)[O-]. The first-order valence-corrected chi connectivity index (χ1v) is 4.58. The van der Waals surface area contributed by atoms with Gasteiger partial charge in [-0.2, -0.15) is 0 Å². The van der Waals surface area contributed by atoms with Gasteiger partial charge < -0.3 is 9.84 Å². The van der Waals surface area contributed by atoms with Gasteiger partial charge in [0.2, 0.25) is 5.75 Å². The Balaban J connectivity index is 3.48. The molecule has 0 aliphatic heterocycles. The Labute approximate surface area is 99.2 Å². The van der Waals surface area contributed by atoms with Crippen LogP contribution in [-0.4, -0.2) is 28.1 Å². The molecule has 98 valence electrons. The first kappa shape index (κ1) is 13.7. The molecular formula is C9H8F2N2O5. The highest BCUT2D eigenvalue weighted by atomic mass is 19.3. The van der Waals surface area contributed by atoms with Crippen molar-refractivity contribution in [1.82, 2.24) is 4.98 Å². The van der Waals surface area contributed by atoms with E-state index in [1.54, 1.807) is 0 Å². The number of hydrogen-bond acceptors (Lipinski definition) is 5. The molecule has 1 heterocycles. The van der Waals surface area contributed by atoms with Crippen molar-refractivity contribution in [3.8, 4) is 5.75 Å². The zero-order valence-electron chi connectivity index (χ0n) is 9.09. The van der Waals surface area contributed by atoms with Crippen molar-refractivity contribution >= 4 is 11.7 Å². The molecule has 1 aromatic heterocycles. The van der Waals surface area contributed by atoms with Crippen molar-refractivity contribution < 1.29 is 28.3 Å². The van der Waals surface area contributed by atoms with Crippen LogP contribution >= 0.6 is 0 Å². The van der Waals surface area contributed by atoms with E-state index in [2.05, 4.69) is 9.72 Å². The average molecular weight is 262 g/mol. The number of aromatic nitrogens is 1. The number of carbonyl (C=O) groups is 1. The highest BCUT2D eigenvalue weighted by molar-refractivity contribution is 5.73. The quantitative estimate of drug-likeness (QED) is 0.638. The number of methoxy groups -OCH3 is 1. The van der Waals surface area contributed by atoms with Gasteiger partial charge in [-0.3, -0.25) is 19.9 Å². The minimum absolute atomic E-state index is 0.297. The topological polar surface area (TPSA) is 103 Å². The number of nitro groups is 1. The lowest BCUT2D eigenvalue weighted by Crippen LogP contribution is -2.08. The maximum atomic E-state index is 12.6. The van der Waals surface area contributed by atoms with Gasteiger partial charge in [0.1, 0.15) is 0 Å². The summed E-state index contributed by atoms with van der Waals surface area (Å²) in [7, 11) is 0.973. The number of carboxylic acids is 1. The summed E-state index contributed by atoms with van der Waals surface area (Å²) < 4.78 is 29.7. The van der Waals surface area contributed by atoms with Crippen LogP contribution in [0.2, 0.25) is 0 Å². The van der Waals surface area contributed by atoms with Crippen LogP contribution in [0.3, 0.4) is 0 Å². The molecule has 0 amide bonds. The van der Waals surface area contributed by atoms with Crippen molar-refractivity contribution in [3.63, 3.8) is 0 Å². The fourth-order valence-corrected chi connectivity index (χ4v) is 1.38. The predicted molar refractivity (Wildman–Crippen MR) is 53.7 cm³/mol. The highest BCUT2D eigenvalue weighted by Crippen LogP contribution is 2.37. The second kappa shape index (κ2) is 5.34. The van der Waals surface area contributed by atoms with E-state index >= 15 is 0 Å². The number of alkyl halides is 2. The Morgan fingerprint density at radius 2 is 2.28 bits per heavy atom. The molecule has 0 spiro atoms. The van der Waals surface area contributed by atoms with Gasteiger partial charge in [-0.25, -0.2) is 8.78 Å². The molecule has 9 heteroatoms. The van der Waals surface area contributed by atoms with Crippen LogP contribution in [0.1, 0.15) is 17.7 Å². The zero-order valence-corrected chi connectivity index (χ0v) is 9.09. The third-order valence-electron chi connectivity index (χ3n) is 2.05. The summed E-state index contributed by atoms with van der Waals surface area (Å²) in [5.74, 6) is -2.06. The normalized spacial score (nSPS) is 10.4. The first-order chi connectivity index (χ1) is 8.38. The van der Waals surface area contributed by atoms with E-state index in [1.807, 2.05) is 0 Å². The van der Waals surface area contributed by atoms with Crippen LogP contribution in [0.5, 0.6) is 5.75 Å². The van der Waals surface area contributed by atoms with Crippen molar-refractivity contribution in [3.05, 3.63) is 27.6 Å². The standard InChI is InChI=1S/C9H8F2N2O5/c1-18-8-6(9(10)11)12-3-4(2-5(14)15)7(8)13(16)17/h3,9H,2H2,1H3,(H,14,15). The molecule has 0 atom stereocenters. The van der Waals surface area contributed by atoms with Crippen LogP contribution in [0.15, 0.2) is 6.20 Å². The van der Waals surface area contributed by atoms with E-state index in [0.29, 0.717) is 0 Å². The van der Waals surface area contributed by atoms with Crippen LogP contribution < -0.4 is 4.74 Å². The largest absolute Gasteiger partial charge is 0.489 e. The first-order valence-electron chi connectivity index (χ1n) is 4.58. The molecule has 0 radical (unpaired) electrons. The molecule has 0 aliphatic carbocycles.